The summed E-state index contributed by atoms with van der Waals surface area (Å²) in [6.07, 6.45) is -10.0. The lowest BCUT2D eigenvalue weighted by Gasteiger charge is -2.25. The Hall–Kier alpha value is -10.6. The van der Waals surface area contributed by atoms with Gasteiger partial charge in [-0.3, -0.25) is 39.1 Å². The van der Waals surface area contributed by atoms with Crippen LogP contribution in [-0.2, 0) is 65.6 Å². The third kappa shape index (κ3) is 26.3. The molecule has 0 aliphatic carbocycles. The van der Waals surface area contributed by atoms with Crippen LogP contribution in [0.4, 0.5) is 64.1 Å². The molecule has 0 spiro atoms. The number of methoxy groups -OCH3 is 1. The zero-order chi connectivity index (χ0) is 85.1. The number of nitrogens with one attached hydrogen (secondary N) is 1. The number of pyridine rings is 6. The minimum Gasteiger partial charge on any atom is -0.478 e. The summed E-state index contributed by atoms with van der Waals surface area (Å²) >= 11 is 19.6. The van der Waals surface area contributed by atoms with Crippen molar-refractivity contribution < 1.29 is 105 Å². The molecule has 9 heterocycles. The molecule has 1 aliphatic rings. The third-order valence-corrected chi connectivity index (χ3v) is 16.5. The molecule has 113 heavy (non-hydrogen) atoms. The molecule has 2 amide bonds. The number of nitrogens with two attached hydrogens (primary N) is 2. The van der Waals surface area contributed by atoms with E-state index in [2.05, 4.69) is 96.1 Å². The van der Waals surface area contributed by atoms with E-state index in [0.717, 1.165) is 131 Å². The van der Waals surface area contributed by atoms with Gasteiger partial charge in [-0.1, -0.05) is 49.2 Å². The van der Waals surface area contributed by atoms with Gasteiger partial charge >= 0.3 is 68.5 Å². The number of rotatable bonds is 10. The summed E-state index contributed by atoms with van der Waals surface area (Å²) in [4.78, 5) is 103. The molecule has 0 bridgehead atoms. The minimum absolute atomic E-state index is 0.0862. The van der Waals surface area contributed by atoms with E-state index in [1.54, 1.807) is 18.3 Å². The largest absolute Gasteiger partial charge is 0.478 e. The molecular formula is C70H64B3Cl4F12N13O11. The van der Waals surface area contributed by atoms with Crippen LogP contribution in [0.3, 0.4) is 0 Å². The normalized spacial score (nSPS) is 11.9. The van der Waals surface area contributed by atoms with Gasteiger partial charge in [-0.2, -0.15) is 52.7 Å². The average molecular weight is 1670 g/mol. The molecule has 8 aromatic heterocycles. The lowest BCUT2D eigenvalue weighted by atomic mass is 9.74. The summed E-state index contributed by atoms with van der Waals surface area (Å²) in [6, 6.07) is 19.7. The predicted molar refractivity (Wildman–Crippen MR) is 399 cm³/mol. The van der Waals surface area contributed by atoms with Gasteiger partial charge in [0, 0.05) is 106 Å². The molecule has 0 radical (unpaired) electrons. The molecule has 2 aromatic carbocycles. The Kier molecular flexibility index (Phi) is 33.1. The third-order valence-electron chi connectivity index (χ3n) is 15.3. The van der Waals surface area contributed by atoms with Crippen molar-refractivity contribution in [1.82, 2.24) is 49.8 Å². The summed E-state index contributed by atoms with van der Waals surface area (Å²) in [5, 5.41) is 9.00. The summed E-state index contributed by atoms with van der Waals surface area (Å²) in [7, 11) is 0.642. The van der Waals surface area contributed by atoms with E-state index in [1.165, 1.54) is 18.6 Å². The Morgan fingerprint density at radius 1 is 0.496 bits per heavy atom. The van der Waals surface area contributed by atoms with Crippen molar-refractivity contribution in [2.45, 2.75) is 113 Å². The van der Waals surface area contributed by atoms with Crippen molar-refractivity contribution in [3.05, 3.63) is 210 Å². The molecule has 10 aromatic rings. The fourth-order valence-corrected chi connectivity index (χ4v) is 10.6. The number of amides is 2. The fourth-order valence-electron chi connectivity index (χ4n) is 9.96. The molecule has 24 nitrogen and oxygen atoms in total. The number of halogens is 16. The van der Waals surface area contributed by atoms with Gasteiger partial charge < -0.3 is 40.3 Å². The first-order valence-electron chi connectivity index (χ1n) is 32.6. The highest BCUT2D eigenvalue weighted by atomic mass is 35.5. The van der Waals surface area contributed by atoms with Crippen LogP contribution >= 0.6 is 46.4 Å². The lowest BCUT2D eigenvalue weighted by Crippen LogP contribution is -2.44. The monoisotopic (exact) mass is 1660 g/mol. The number of fused-ring (bicyclic) bond motifs is 2. The van der Waals surface area contributed by atoms with Gasteiger partial charge in [-0.25, -0.2) is 39.5 Å². The highest BCUT2D eigenvalue weighted by molar-refractivity contribution is 6.97. The zero-order valence-electron chi connectivity index (χ0n) is 61.2. The van der Waals surface area contributed by atoms with E-state index in [-0.39, 0.29) is 49.2 Å². The number of hydrogen-bond acceptors (Lipinski definition) is 21. The van der Waals surface area contributed by atoms with Crippen molar-refractivity contribution in [2.24, 2.45) is 5.73 Å². The summed E-state index contributed by atoms with van der Waals surface area (Å²) in [6.45, 7) is 19.9. The molecule has 0 unspecified atom stereocenters. The van der Waals surface area contributed by atoms with E-state index in [4.69, 9.17) is 53.5 Å². The van der Waals surface area contributed by atoms with Crippen LogP contribution in [0.15, 0.2) is 110 Å². The number of primary amides is 1. The van der Waals surface area contributed by atoms with Crippen molar-refractivity contribution in [1.29, 1.82) is 0 Å². The van der Waals surface area contributed by atoms with Crippen LogP contribution in [0.1, 0.15) is 123 Å². The van der Waals surface area contributed by atoms with Crippen molar-refractivity contribution in [2.75, 3.05) is 18.2 Å². The number of carboxylic acids is 1. The molecule has 6 N–H and O–H groups in total. The number of anilines is 2. The molecule has 43 heteroatoms. The Bertz CT molecular complexity index is 5050. The zero-order valence-corrected chi connectivity index (χ0v) is 64.3. The van der Waals surface area contributed by atoms with Crippen molar-refractivity contribution >= 4 is 135 Å². The predicted octanol–water partition coefficient (Wildman–Crippen LogP) is 16.7. The Morgan fingerprint density at radius 2 is 0.858 bits per heavy atom. The van der Waals surface area contributed by atoms with Gasteiger partial charge in [0.1, 0.15) is 23.0 Å². The number of benzene rings is 2. The maximum Gasteiger partial charge on any atom is 0.434 e. The van der Waals surface area contributed by atoms with Gasteiger partial charge in [0.05, 0.1) is 28.3 Å². The number of carbonyl (C=O) groups is 6. The first-order valence-corrected chi connectivity index (χ1v) is 34.1. The van der Waals surface area contributed by atoms with Crippen LogP contribution in [0.25, 0.3) is 44.3 Å². The Morgan fingerprint density at radius 3 is 1.24 bits per heavy atom. The molecule has 0 saturated carbocycles. The highest BCUT2D eigenvalue weighted by Crippen LogP contribution is 2.38. The lowest BCUT2D eigenvalue weighted by molar-refractivity contribution is -0.142. The van der Waals surface area contributed by atoms with Crippen molar-refractivity contribution in [3.63, 3.8) is 0 Å². The molecule has 1 fully saturated rings. The number of nitrogens with zero attached hydrogens (tertiary/aromatic N) is 10. The van der Waals surface area contributed by atoms with Gasteiger partial charge in [0.15, 0.2) is 22.7 Å². The van der Waals surface area contributed by atoms with E-state index in [0.29, 0.717) is 23.6 Å². The van der Waals surface area contributed by atoms with Crippen LogP contribution < -0.4 is 16.8 Å². The maximum atomic E-state index is 13.2. The highest BCUT2D eigenvalue weighted by Gasteiger charge is 2.40. The number of carboxylic acid groups (broad SMARTS) is 1. The number of esters is 1. The van der Waals surface area contributed by atoms with E-state index < -0.39 is 97.3 Å². The number of ether oxygens (including phenoxy) is 1. The van der Waals surface area contributed by atoms with Crippen molar-refractivity contribution in [3.8, 4) is 22.3 Å². The topological polar surface area (TPSA) is 353 Å². The number of aryl methyl sites for hydroxylation is 6. The second kappa shape index (κ2) is 40.3. The first kappa shape index (κ1) is 93.0. The Balaban J connectivity index is 0.000000251. The minimum atomic E-state index is -4.75. The van der Waals surface area contributed by atoms with Crippen LogP contribution in [0.2, 0.25) is 30.5 Å². The number of carbonyl (C=O) groups excluding carboxylic acids is 5. The van der Waals surface area contributed by atoms with E-state index in [1.807, 2.05) is 91.6 Å². The van der Waals surface area contributed by atoms with Crippen LogP contribution in [0, 0.1) is 41.5 Å². The molecule has 1 saturated heterocycles. The van der Waals surface area contributed by atoms with Gasteiger partial charge in [-0.15, -0.1) is 0 Å². The van der Waals surface area contributed by atoms with Crippen LogP contribution in [-0.4, -0.2) is 118 Å². The summed E-state index contributed by atoms with van der Waals surface area (Å²) in [5.41, 5.74) is 14.6. The molecular weight excluding hydrogens is 1600 g/mol. The number of alkyl halides is 12. The summed E-state index contributed by atoms with van der Waals surface area (Å²) in [5.74, 6) is -2.46. The average Bonchev–Trinajstić information content (AvgIpc) is 0.790. The molecule has 1 aliphatic heterocycles. The van der Waals surface area contributed by atoms with E-state index >= 15 is 0 Å². The number of aromatic nitrogens is 10. The quantitative estimate of drug-likeness (QED) is 0.0247. The first-order chi connectivity index (χ1) is 52.5. The van der Waals surface area contributed by atoms with E-state index in [9.17, 15) is 81.5 Å². The number of nitrogen functional groups attached to an aromatic ring is 1. The second-order valence-electron chi connectivity index (χ2n) is 23.4. The number of hydrogen-bond donors (Lipinski definition) is 4. The van der Waals surface area contributed by atoms with Gasteiger partial charge in [0.2, 0.25) is 5.91 Å². The summed E-state index contributed by atoms with van der Waals surface area (Å²) < 4.78 is 169. The standard InChI is InChI=1S/C25H22F3N5O.C17H18N4.C8H5ClF3NO2.C8H7F3N2O.C7H3ClF3NO2.C3H9B3O3.C2Cl2O2/c1-5-21-30-12-16-10-20(15(4)31-23(16)33-21)19-11-17(7-6-13(19)2)32-24(34)18-8-9-29-22(14(18)3)25(26,27)28;1-4-16-19-9-12-7-15(11(3)20-17(12)21-16)14-8-13(18)6-5-10(14)2;1-15-7(14)4-2-3-13-6(5(4)9)8(10,11)12;1-4-5(7(12)14)2-3-13-6(4)8(9,10)11;8-4-3(6(13)14)1-2-12-5(4)7(9,10)11;1-4-7-5(2)9-6(3)8-4;3-1(5)2(4)6/h6-12H,5H2,1-4H3,(H,32,34);5-9H,4,18H2,1-3H3;2-3H,1H3;2-3H,1H3,(H2,12,14);1-2H,(H,13,14);1-3H3;. The fraction of sp³-hybridized carbons (Fsp3) is 0.257. The SMILES string of the molecule is CB1OB(C)OB(C)O1.CCc1ncc2cc(-c3cc(N)ccc3C)c(C)nc2n1.CCc1ncc2cc(-c3cc(NC(=O)c4ccnc(C(F)(F)F)c4C)ccc3C)c(C)nc2n1.COC(=O)c1ccnc(C(F)(F)F)c1Cl.Cc1c(C(N)=O)ccnc1C(F)(F)F.O=C(Cl)C(=O)Cl.O=C(O)c1ccnc(C(F)(F)F)c1Cl. The number of aromatic carboxylic acids is 1. The van der Waals surface area contributed by atoms with Crippen LogP contribution in [0.5, 0.6) is 0 Å². The molecule has 596 valence electrons. The molecule has 11 rings (SSSR count). The maximum absolute atomic E-state index is 13.2. The van der Waals surface area contributed by atoms with Gasteiger partial charge in [-0.05, 0) is 179 Å². The second-order valence-corrected chi connectivity index (χ2v) is 24.9. The molecule has 0 atom stereocenters. The Labute approximate surface area is 657 Å². The van der Waals surface area contributed by atoms with Gasteiger partial charge in [0.25, 0.3) is 5.91 Å². The smallest absolute Gasteiger partial charge is 0.434 e.